The van der Waals surface area contributed by atoms with Crippen LogP contribution in [0.2, 0.25) is 0 Å². The van der Waals surface area contributed by atoms with Crippen LogP contribution in [0.25, 0.3) is 0 Å². The van der Waals surface area contributed by atoms with E-state index in [1.807, 2.05) is 24.3 Å². The van der Waals surface area contributed by atoms with Gasteiger partial charge in [0.15, 0.2) is 0 Å². The topological polar surface area (TPSA) is 87.7 Å². The van der Waals surface area contributed by atoms with E-state index >= 15 is 0 Å². The lowest BCUT2D eigenvalue weighted by molar-refractivity contribution is 0.185. The summed E-state index contributed by atoms with van der Waals surface area (Å²) in [5, 5.41) is 5.72. The molecular weight excluding hydrogens is 342 g/mol. The fourth-order valence-corrected chi connectivity index (χ4v) is 3.80. The number of sulfonamides is 1. The molecule has 1 heterocycles. The van der Waals surface area contributed by atoms with E-state index in [4.69, 9.17) is 4.74 Å². The molecule has 25 heavy (non-hydrogen) atoms. The highest BCUT2D eigenvalue weighted by molar-refractivity contribution is 7.88. The molecule has 0 radical (unpaired) electrons. The van der Waals surface area contributed by atoms with Crippen molar-refractivity contribution in [3.8, 4) is 0 Å². The standard InChI is InChI=1S/C17H27N3O4S/c1-24-13-16-5-3-4-15(10-16)12-19-17(21)18-11-14-6-8-20(9-7-14)25(2,22)23/h3-5,10,14H,6-9,11-13H2,1-2H3,(H2,18,19,21). The molecule has 140 valence electrons. The lowest BCUT2D eigenvalue weighted by Gasteiger charge is -2.30. The van der Waals surface area contributed by atoms with Crippen LogP contribution in [0.4, 0.5) is 4.79 Å². The number of hydrogen-bond donors (Lipinski definition) is 2. The minimum absolute atomic E-state index is 0.206. The van der Waals surface area contributed by atoms with Gasteiger partial charge in [0, 0.05) is 33.3 Å². The number of rotatable bonds is 7. The third-order valence-electron chi connectivity index (χ3n) is 4.35. The Balaban J connectivity index is 1.69. The lowest BCUT2D eigenvalue weighted by Crippen LogP contribution is -2.43. The van der Waals surface area contributed by atoms with Gasteiger partial charge in [0.2, 0.25) is 10.0 Å². The molecule has 0 spiro atoms. The van der Waals surface area contributed by atoms with Crippen LogP contribution in [0, 0.1) is 5.92 Å². The van der Waals surface area contributed by atoms with Gasteiger partial charge in [-0.15, -0.1) is 0 Å². The SMILES string of the molecule is COCc1cccc(CNC(=O)NCC2CCN(S(C)(=O)=O)CC2)c1. The van der Waals surface area contributed by atoms with Crippen molar-refractivity contribution in [3.63, 3.8) is 0 Å². The number of benzene rings is 1. The molecule has 2 amide bonds. The summed E-state index contributed by atoms with van der Waals surface area (Å²) in [6.07, 6.45) is 2.78. The number of piperidine rings is 1. The monoisotopic (exact) mass is 369 g/mol. The molecule has 2 rings (SSSR count). The van der Waals surface area contributed by atoms with E-state index in [1.54, 1.807) is 7.11 Å². The van der Waals surface area contributed by atoms with Gasteiger partial charge in [-0.25, -0.2) is 17.5 Å². The number of urea groups is 1. The maximum atomic E-state index is 11.9. The molecule has 1 aliphatic heterocycles. The van der Waals surface area contributed by atoms with E-state index in [2.05, 4.69) is 10.6 Å². The van der Waals surface area contributed by atoms with Gasteiger partial charge in [-0.1, -0.05) is 24.3 Å². The van der Waals surface area contributed by atoms with Crippen LogP contribution in [0.3, 0.4) is 0 Å². The zero-order valence-corrected chi connectivity index (χ0v) is 15.6. The molecule has 7 nitrogen and oxygen atoms in total. The maximum absolute atomic E-state index is 11.9. The first-order valence-corrected chi connectivity index (χ1v) is 10.3. The Labute approximate surface area is 149 Å². The van der Waals surface area contributed by atoms with Crippen LogP contribution in [0.1, 0.15) is 24.0 Å². The normalized spacial score (nSPS) is 16.6. The van der Waals surface area contributed by atoms with Crippen LogP contribution in [0.5, 0.6) is 0 Å². The van der Waals surface area contributed by atoms with Crippen LogP contribution >= 0.6 is 0 Å². The summed E-state index contributed by atoms with van der Waals surface area (Å²) in [5.41, 5.74) is 2.09. The summed E-state index contributed by atoms with van der Waals surface area (Å²) >= 11 is 0. The quantitative estimate of drug-likeness (QED) is 0.758. The van der Waals surface area contributed by atoms with Crippen LogP contribution in [0.15, 0.2) is 24.3 Å². The van der Waals surface area contributed by atoms with Crippen LogP contribution in [-0.2, 0) is 27.9 Å². The van der Waals surface area contributed by atoms with Gasteiger partial charge >= 0.3 is 6.03 Å². The van der Waals surface area contributed by atoms with Crippen molar-refractivity contribution in [1.82, 2.24) is 14.9 Å². The van der Waals surface area contributed by atoms with Crippen LogP contribution < -0.4 is 10.6 Å². The van der Waals surface area contributed by atoms with Gasteiger partial charge in [-0.2, -0.15) is 0 Å². The summed E-state index contributed by atoms with van der Waals surface area (Å²) in [4.78, 5) is 11.9. The summed E-state index contributed by atoms with van der Waals surface area (Å²) in [6.45, 7) is 2.62. The first-order valence-electron chi connectivity index (χ1n) is 8.42. The number of carbonyl (C=O) groups is 1. The van der Waals surface area contributed by atoms with E-state index < -0.39 is 10.0 Å². The minimum Gasteiger partial charge on any atom is -0.380 e. The second-order valence-electron chi connectivity index (χ2n) is 6.42. The molecule has 0 bridgehead atoms. The van der Waals surface area contributed by atoms with Gasteiger partial charge in [-0.05, 0) is 29.9 Å². The molecule has 0 unspecified atom stereocenters. The van der Waals surface area contributed by atoms with E-state index in [9.17, 15) is 13.2 Å². The molecule has 1 fully saturated rings. The molecule has 1 aliphatic rings. The number of ether oxygens (including phenoxy) is 1. The summed E-state index contributed by atoms with van der Waals surface area (Å²) < 4.78 is 29.6. The van der Waals surface area contributed by atoms with Crippen LogP contribution in [-0.4, -0.2) is 51.8 Å². The third kappa shape index (κ3) is 6.64. The lowest BCUT2D eigenvalue weighted by atomic mass is 9.98. The highest BCUT2D eigenvalue weighted by atomic mass is 32.2. The fraction of sp³-hybridized carbons (Fsp3) is 0.588. The van der Waals surface area contributed by atoms with Gasteiger partial charge in [-0.3, -0.25) is 0 Å². The average Bonchev–Trinajstić information content (AvgIpc) is 2.58. The van der Waals surface area contributed by atoms with Crippen molar-refractivity contribution >= 4 is 16.1 Å². The van der Waals surface area contributed by atoms with E-state index in [0.717, 1.165) is 24.0 Å². The average molecular weight is 369 g/mol. The number of nitrogens with one attached hydrogen (secondary N) is 2. The van der Waals surface area contributed by atoms with E-state index in [1.165, 1.54) is 10.6 Å². The van der Waals surface area contributed by atoms with Crippen molar-refractivity contribution in [2.45, 2.75) is 26.0 Å². The molecule has 0 aromatic heterocycles. The molecular formula is C17H27N3O4S. The fourth-order valence-electron chi connectivity index (χ4n) is 2.92. The van der Waals surface area contributed by atoms with Gasteiger partial charge in [0.1, 0.15) is 0 Å². The van der Waals surface area contributed by atoms with Crippen molar-refractivity contribution in [2.24, 2.45) is 5.92 Å². The maximum Gasteiger partial charge on any atom is 0.315 e. The molecule has 1 aromatic rings. The van der Waals surface area contributed by atoms with E-state index in [-0.39, 0.29) is 6.03 Å². The van der Waals surface area contributed by atoms with Gasteiger partial charge < -0.3 is 15.4 Å². The number of hydrogen-bond acceptors (Lipinski definition) is 4. The van der Waals surface area contributed by atoms with Crippen molar-refractivity contribution < 1.29 is 17.9 Å². The van der Waals surface area contributed by atoms with Crippen molar-refractivity contribution in [1.29, 1.82) is 0 Å². The Morgan fingerprint density at radius 3 is 2.56 bits per heavy atom. The largest absolute Gasteiger partial charge is 0.380 e. The highest BCUT2D eigenvalue weighted by Crippen LogP contribution is 2.18. The predicted octanol–water partition coefficient (Wildman–Crippen LogP) is 1.30. The number of amides is 2. The molecule has 8 heteroatoms. The summed E-state index contributed by atoms with van der Waals surface area (Å²) in [7, 11) is -1.45. The summed E-state index contributed by atoms with van der Waals surface area (Å²) in [6, 6.07) is 7.68. The first kappa shape index (κ1) is 19.7. The van der Waals surface area contributed by atoms with Gasteiger partial charge in [0.05, 0.1) is 12.9 Å². The molecule has 0 atom stereocenters. The predicted molar refractivity (Wildman–Crippen MR) is 96.5 cm³/mol. The summed E-state index contributed by atoms with van der Waals surface area (Å²) in [5.74, 6) is 0.314. The Bertz CT molecular complexity index is 670. The highest BCUT2D eigenvalue weighted by Gasteiger charge is 2.24. The Kier molecular flexibility index (Phi) is 7.22. The third-order valence-corrected chi connectivity index (χ3v) is 5.65. The molecule has 1 saturated heterocycles. The van der Waals surface area contributed by atoms with E-state index in [0.29, 0.717) is 38.7 Å². The first-order chi connectivity index (χ1) is 11.9. The molecule has 0 aliphatic carbocycles. The Hall–Kier alpha value is -1.64. The second kappa shape index (κ2) is 9.17. The smallest absolute Gasteiger partial charge is 0.315 e. The Morgan fingerprint density at radius 1 is 1.24 bits per heavy atom. The number of methoxy groups -OCH3 is 1. The number of nitrogens with zero attached hydrogens (tertiary/aromatic N) is 1. The van der Waals surface area contributed by atoms with Gasteiger partial charge in [0.25, 0.3) is 0 Å². The van der Waals surface area contributed by atoms with Crippen molar-refractivity contribution in [2.75, 3.05) is 33.0 Å². The minimum atomic E-state index is -3.10. The Morgan fingerprint density at radius 2 is 1.92 bits per heavy atom. The zero-order valence-electron chi connectivity index (χ0n) is 14.8. The second-order valence-corrected chi connectivity index (χ2v) is 8.40. The molecule has 1 aromatic carbocycles. The molecule has 2 N–H and O–H groups in total. The zero-order chi connectivity index (χ0) is 18.3. The van der Waals surface area contributed by atoms with Crippen molar-refractivity contribution in [3.05, 3.63) is 35.4 Å². The number of carbonyl (C=O) groups excluding carboxylic acids is 1. The molecule has 0 saturated carbocycles.